The number of nitrogens with zero attached hydrogens (tertiary/aromatic N) is 2. The van der Waals surface area contributed by atoms with E-state index >= 15 is 0 Å². The molecule has 0 radical (unpaired) electrons. The normalized spacial score (nSPS) is 17.3. The first-order valence-electron chi connectivity index (χ1n) is 8.40. The van der Waals surface area contributed by atoms with Crippen molar-refractivity contribution in [1.82, 2.24) is 9.88 Å². The number of benzene rings is 1. The van der Waals surface area contributed by atoms with Crippen LogP contribution in [0.5, 0.6) is 0 Å². The lowest BCUT2D eigenvalue weighted by Crippen LogP contribution is -2.37. The molecule has 1 aliphatic rings. The summed E-state index contributed by atoms with van der Waals surface area (Å²) in [6.45, 7) is 1.25. The molecular formula is C19H19F3N2O2. The van der Waals surface area contributed by atoms with Crippen molar-refractivity contribution in [2.75, 3.05) is 13.2 Å². The SMILES string of the molecule is O=C(c1cccc(C(F)(F)F)c1)N(Cc1cccnc1)CC1CCCO1. The fraction of sp³-hybridized carbons (Fsp3) is 0.368. The maximum absolute atomic E-state index is 13.0. The first-order valence-corrected chi connectivity index (χ1v) is 8.40. The van der Waals surface area contributed by atoms with Crippen LogP contribution < -0.4 is 0 Å². The number of halogens is 3. The number of rotatable bonds is 5. The molecule has 1 fully saturated rings. The van der Waals surface area contributed by atoms with E-state index in [0.29, 0.717) is 13.2 Å². The molecule has 2 heterocycles. The Morgan fingerprint density at radius 1 is 1.27 bits per heavy atom. The van der Waals surface area contributed by atoms with Gasteiger partial charge < -0.3 is 9.64 Å². The van der Waals surface area contributed by atoms with Crippen LogP contribution >= 0.6 is 0 Å². The summed E-state index contributed by atoms with van der Waals surface area (Å²) in [7, 11) is 0. The lowest BCUT2D eigenvalue weighted by molar-refractivity contribution is -0.137. The van der Waals surface area contributed by atoms with Gasteiger partial charge in [-0.3, -0.25) is 9.78 Å². The van der Waals surface area contributed by atoms with Crippen molar-refractivity contribution >= 4 is 5.91 Å². The highest BCUT2D eigenvalue weighted by Crippen LogP contribution is 2.30. The molecule has 1 aromatic heterocycles. The van der Waals surface area contributed by atoms with Gasteiger partial charge in [0.25, 0.3) is 5.91 Å². The molecule has 1 amide bonds. The average molecular weight is 364 g/mol. The summed E-state index contributed by atoms with van der Waals surface area (Å²) < 4.78 is 44.5. The zero-order valence-corrected chi connectivity index (χ0v) is 14.1. The van der Waals surface area contributed by atoms with E-state index in [-0.39, 0.29) is 18.2 Å². The Morgan fingerprint density at radius 2 is 2.12 bits per heavy atom. The zero-order valence-electron chi connectivity index (χ0n) is 14.1. The van der Waals surface area contributed by atoms with Gasteiger partial charge in [-0.05, 0) is 42.7 Å². The van der Waals surface area contributed by atoms with E-state index < -0.39 is 17.6 Å². The van der Waals surface area contributed by atoms with Crippen LogP contribution in [0.25, 0.3) is 0 Å². The summed E-state index contributed by atoms with van der Waals surface area (Å²) in [5.74, 6) is -0.449. The van der Waals surface area contributed by atoms with E-state index in [9.17, 15) is 18.0 Å². The van der Waals surface area contributed by atoms with Gasteiger partial charge in [0.2, 0.25) is 0 Å². The van der Waals surface area contributed by atoms with Crippen molar-refractivity contribution in [1.29, 1.82) is 0 Å². The van der Waals surface area contributed by atoms with E-state index in [1.165, 1.54) is 17.0 Å². The van der Waals surface area contributed by atoms with Crippen LogP contribution in [0.3, 0.4) is 0 Å². The van der Waals surface area contributed by atoms with Crippen LogP contribution in [0.15, 0.2) is 48.8 Å². The Morgan fingerprint density at radius 3 is 2.77 bits per heavy atom. The van der Waals surface area contributed by atoms with Crippen LogP contribution in [0, 0.1) is 0 Å². The molecule has 1 aliphatic heterocycles. The van der Waals surface area contributed by atoms with Gasteiger partial charge in [0.1, 0.15) is 0 Å². The Labute approximate surface area is 149 Å². The number of alkyl halides is 3. The number of aromatic nitrogens is 1. The second-order valence-corrected chi connectivity index (χ2v) is 6.26. The predicted molar refractivity (Wildman–Crippen MR) is 89.4 cm³/mol. The summed E-state index contributed by atoms with van der Waals surface area (Å²) in [6, 6.07) is 8.10. The van der Waals surface area contributed by atoms with Gasteiger partial charge in [-0.1, -0.05) is 12.1 Å². The molecule has 1 saturated heterocycles. The molecule has 2 aromatic rings. The number of hydrogen-bond donors (Lipinski definition) is 0. The summed E-state index contributed by atoms with van der Waals surface area (Å²) >= 11 is 0. The van der Waals surface area contributed by atoms with Crippen molar-refractivity contribution in [3.8, 4) is 0 Å². The second-order valence-electron chi connectivity index (χ2n) is 6.26. The van der Waals surface area contributed by atoms with Gasteiger partial charge in [0.05, 0.1) is 11.7 Å². The van der Waals surface area contributed by atoms with Crippen molar-refractivity contribution in [2.24, 2.45) is 0 Å². The van der Waals surface area contributed by atoms with Crippen molar-refractivity contribution in [2.45, 2.75) is 31.7 Å². The van der Waals surface area contributed by atoms with E-state index in [4.69, 9.17) is 4.74 Å². The van der Waals surface area contributed by atoms with Gasteiger partial charge in [-0.2, -0.15) is 13.2 Å². The van der Waals surface area contributed by atoms with Crippen LogP contribution in [-0.4, -0.2) is 35.0 Å². The highest BCUT2D eigenvalue weighted by molar-refractivity contribution is 5.94. The summed E-state index contributed by atoms with van der Waals surface area (Å²) in [4.78, 5) is 18.5. The third-order valence-corrected chi connectivity index (χ3v) is 4.27. The second kappa shape index (κ2) is 7.86. The standard InChI is InChI=1S/C19H19F3N2O2/c20-19(21,22)16-6-1-5-15(10-16)18(25)24(13-17-7-3-9-26-17)12-14-4-2-8-23-11-14/h1-2,4-6,8,10-11,17H,3,7,9,12-13H2. The Hall–Kier alpha value is -2.41. The van der Waals surface area contributed by atoms with Gasteiger partial charge in [0.15, 0.2) is 0 Å². The molecule has 0 N–H and O–H groups in total. The van der Waals surface area contributed by atoms with E-state index in [0.717, 1.165) is 30.5 Å². The average Bonchev–Trinajstić information content (AvgIpc) is 3.14. The Bertz CT molecular complexity index is 744. The van der Waals surface area contributed by atoms with E-state index in [1.807, 2.05) is 6.07 Å². The van der Waals surface area contributed by atoms with Crippen molar-refractivity contribution < 1.29 is 22.7 Å². The van der Waals surface area contributed by atoms with E-state index in [1.54, 1.807) is 18.5 Å². The highest BCUT2D eigenvalue weighted by atomic mass is 19.4. The molecule has 26 heavy (non-hydrogen) atoms. The van der Waals surface area contributed by atoms with Gasteiger partial charge in [-0.15, -0.1) is 0 Å². The topological polar surface area (TPSA) is 42.4 Å². The fourth-order valence-electron chi connectivity index (χ4n) is 2.98. The molecule has 0 saturated carbocycles. The van der Waals surface area contributed by atoms with Gasteiger partial charge >= 0.3 is 6.18 Å². The molecule has 7 heteroatoms. The van der Waals surface area contributed by atoms with Crippen LogP contribution in [-0.2, 0) is 17.5 Å². The summed E-state index contributed by atoms with van der Waals surface area (Å²) in [6.07, 6.45) is 0.438. The Balaban J connectivity index is 1.84. The smallest absolute Gasteiger partial charge is 0.376 e. The highest BCUT2D eigenvalue weighted by Gasteiger charge is 2.31. The van der Waals surface area contributed by atoms with Crippen LogP contribution in [0.4, 0.5) is 13.2 Å². The molecule has 4 nitrogen and oxygen atoms in total. The minimum Gasteiger partial charge on any atom is -0.376 e. The number of amides is 1. The predicted octanol–water partition coefficient (Wildman–Crippen LogP) is 3.92. The first-order chi connectivity index (χ1) is 12.4. The van der Waals surface area contributed by atoms with Crippen molar-refractivity contribution in [3.63, 3.8) is 0 Å². The van der Waals surface area contributed by atoms with Crippen LogP contribution in [0.1, 0.15) is 34.3 Å². The fourth-order valence-corrected chi connectivity index (χ4v) is 2.98. The maximum Gasteiger partial charge on any atom is 0.416 e. The van der Waals surface area contributed by atoms with Gasteiger partial charge in [-0.25, -0.2) is 0 Å². The summed E-state index contributed by atoms with van der Waals surface area (Å²) in [5, 5.41) is 0. The van der Waals surface area contributed by atoms with E-state index in [2.05, 4.69) is 4.98 Å². The Kier molecular flexibility index (Phi) is 5.56. The van der Waals surface area contributed by atoms with Crippen molar-refractivity contribution in [3.05, 3.63) is 65.5 Å². The molecule has 138 valence electrons. The first kappa shape index (κ1) is 18.4. The lowest BCUT2D eigenvalue weighted by Gasteiger charge is -2.26. The number of carbonyl (C=O) groups is 1. The molecule has 1 atom stereocenters. The summed E-state index contributed by atoms with van der Waals surface area (Å²) in [5.41, 5.74) is -0.00525. The lowest BCUT2D eigenvalue weighted by atomic mass is 10.1. The number of hydrogen-bond acceptors (Lipinski definition) is 3. The molecular weight excluding hydrogens is 345 g/mol. The number of carbonyl (C=O) groups excluding carboxylic acids is 1. The van der Waals surface area contributed by atoms with Crippen LogP contribution in [0.2, 0.25) is 0 Å². The number of ether oxygens (including phenoxy) is 1. The monoisotopic (exact) mass is 364 g/mol. The third-order valence-electron chi connectivity index (χ3n) is 4.27. The molecule has 1 unspecified atom stereocenters. The molecule has 0 spiro atoms. The number of pyridine rings is 1. The third kappa shape index (κ3) is 4.60. The molecule has 0 aliphatic carbocycles. The largest absolute Gasteiger partial charge is 0.416 e. The molecule has 3 rings (SSSR count). The minimum absolute atomic E-state index is 0.0155. The van der Waals surface area contributed by atoms with Gasteiger partial charge in [0, 0.05) is 37.7 Å². The molecule has 0 bridgehead atoms. The quantitative estimate of drug-likeness (QED) is 0.808. The maximum atomic E-state index is 13.0. The minimum atomic E-state index is -4.49. The molecule has 1 aromatic carbocycles. The zero-order chi connectivity index (χ0) is 18.6.